The number of carbonyl (C=O) groups is 3. The molecule has 192 valence electrons. The Bertz CT molecular complexity index is 914. The van der Waals surface area contributed by atoms with E-state index in [0.29, 0.717) is 0 Å². The molecule has 2 saturated carbocycles. The molecule has 1 aliphatic heterocycles. The van der Waals surface area contributed by atoms with Gasteiger partial charge in [0.05, 0.1) is 0 Å². The number of nitrogens with one attached hydrogen (secondary N) is 1. The quantitative estimate of drug-likeness (QED) is 0.369. The topological polar surface area (TPSA) is 69.7 Å². The molecule has 0 unspecified atom stereocenters. The van der Waals surface area contributed by atoms with E-state index in [1.54, 1.807) is 0 Å². The maximum Gasteiger partial charge on any atom is 0.328 e. The van der Waals surface area contributed by atoms with Gasteiger partial charge in [-0.3, -0.25) is 14.5 Å². The van der Waals surface area contributed by atoms with Crippen LogP contribution in [0.25, 0.3) is 0 Å². The number of rotatable bonds is 6. The summed E-state index contributed by atoms with van der Waals surface area (Å²) in [6.07, 6.45) is 11.0. The molecule has 1 heterocycles. The lowest BCUT2D eigenvalue weighted by Gasteiger charge is -2.42. The highest BCUT2D eigenvalue weighted by Crippen LogP contribution is 2.44. The molecule has 1 spiro atoms. The minimum atomic E-state index is -0.746. The van der Waals surface area contributed by atoms with Gasteiger partial charge in [0.2, 0.25) is 5.91 Å². The summed E-state index contributed by atoms with van der Waals surface area (Å²) in [4.78, 5) is 44.2. The first-order chi connectivity index (χ1) is 16.8. The molecule has 0 atom stereocenters. The summed E-state index contributed by atoms with van der Waals surface area (Å²) in [6.45, 7) is 8.23. The summed E-state index contributed by atoms with van der Waals surface area (Å²) < 4.78 is 0. The molecule has 0 radical (unpaired) electrons. The van der Waals surface area contributed by atoms with Crippen molar-refractivity contribution in [1.82, 2.24) is 9.80 Å². The molecule has 35 heavy (non-hydrogen) atoms. The van der Waals surface area contributed by atoms with Crippen molar-refractivity contribution in [3.63, 3.8) is 0 Å². The molecule has 4 amide bonds. The van der Waals surface area contributed by atoms with Crippen molar-refractivity contribution in [2.75, 3.05) is 11.9 Å². The van der Waals surface area contributed by atoms with Gasteiger partial charge in [-0.1, -0.05) is 90.8 Å². The lowest BCUT2D eigenvalue weighted by atomic mass is 9.79. The Balaban J connectivity index is 1.59. The second kappa shape index (κ2) is 10.7. The van der Waals surface area contributed by atoms with E-state index in [0.717, 1.165) is 74.6 Å². The third-order valence-electron chi connectivity index (χ3n) is 8.35. The van der Waals surface area contributed by atoms with Gasteiger partial charge in [-0.2, -0.15) is 0 Å². The van der Waals surface area contributed by atoms with E-state index in [1.165, 1.54) is 17.7 Å². The molecule has 1 N–H and O–H groups in total. The van der Waals surface area contributed by atoms with E-state index >= 15 is 0 Å². The van der Waals surface area contributed by atoms with Crippen molar-refractivity contribution in [3.05, 3.63) is 29.3 Å². The molecule has 1 aromatic rings. The van der Waals surface area contributed by atoms with Gasteiger partial charge in [0.1, 0.15) is 12.1 Å². The van der Waals surface area contributed by atoms with E-state index in [1.807, 2.05) is 23.1 Å². The van der Waals surface area contributed by atoms with Crippen molar-refractivity contribution in [3.8, 4) is 0 Å². The highest BCUT2D eigenvalue weighted by atomic mass is 16.2. The van der Waals surface area contributed by atoms with Crippen LogP contribution in [0.15, 0.2) is 18.2 Å². The van der Waals surface area contributed by atoms with Gasteiger partial charge in [0, 0.05) is 11.7 Å². The Kier molecular flexibility index (Phi) is 7.87. The van der Waals surface area contributed by atoms with Crippen molar-refractivity contribution in [2.24, 2.45) is 0 Å². The van der Waals surface area contributed by atoms with Gasteiger partial charge in [0.25, 0.3) is 5.91 Å². The zero-order valence-corrected chi connectivity index (χ0v) is 22.1. The van der Waals surface area contributed by atoms with E-state index < -0.39 is 5.54 Å². The van der Waals surface area contributed by atoms with Crippen LogP contribution >= 0.6 is 0 Å². The molecule has 1 saturated heterocycles. The first-order valence-corrected chi connectivity index (χ1v) is 13.8. The smallest absolute Gasteiger partial charge is 0.324 e. The second-order valence-corrected chi connectivity index (χ2v) is 11.5. The van der Waals surface area contributed by atoms with Crippen LogP contribution in [0.2, 0.25) is 0 Å². The third kappa shape index (κ3) is 4.99. The molecular formula is C29H43N3O3. The minimum absolute atomic E-state index is 0.106. The van der Waals surface area contributed by atoms with E-state index in [9.17, 15) is 14.4 Å². The number of carbonyl (C=O) groups excluding carboxylic acids is 3. The van der Waals surface area contributed by atoms with Crippen molar-refractivity contribution in [1.29, 1.82) is 0 Å². The van der Waals surface area contributed by atoms with Crippen LogP contribution in [0.3, 0.4) is 0 Å². The van der Waals surface area contributed by atoms with E-state index in [4.69, 9.17) is 0 Å². The summed E-state index contributed by atoms with van der Waals surface area (Å²) in [5.74, 6) is 0.0452. The van der Waals surface area contributed by atoms with Gasteiger partial charge in [-0.05, 0) is 48.6 Å². The van der Waals surface area contributed by atoms with Crippen LogP contribution in [0.1, 0.15) is 121 Å². The molecule has 6 heteroatoms. The Labute approximate surface area is 210 Å². The Morgan fingerprint density at radius 3 is 2.00 bits per heavy atom. The molecular weight excluding hydrogens is 438 g/mol. The van der Waals surface area contributed by atoms with Gasteiger partial charge < -0.3 is 10.2 Å². The number of urea groups is 1. The highest BCUT2D eigenvalue weighted by Gasteiger charge is 2.59. The molecule has 3 fully saturated rings. The van der Waals surface area contributed by atoms with Gasteiger partial charge in [0.15, 0.2) is 0 Å². The molecule has 3 aliphatic rings. The predicted octanol–water partition coefficient (Wildman–Crippen LogP) is 6.56. The molecule has 2 aliphatic carbocycles. The number of nitrogens with zero attached hydrogens (tertiary/aromatic N) is 2. The summed E-state index contributed by atoms with van der Waals surface area (Å²) in [5.41, 5.74) is 2.23. The van der Waals surface area contributed by atoms with Gasteiger partial charge >= 0.3 is 6.03 Å². The van der Waals surface area contributed by atoms with Crippen LogP contribution in [-0.2, 0) is 9.59 Å². The average Bonchev–Trinajstić information content (AvgIpc) is 3.02. The highest BCUT2D eigenvalue weighted by molar-refractivity contribution is 6.10. The Morgan fingerprint density at radius 1 is 0.914 bits per heavy atom. The number of hydrogen-bond donors (Lipinski definition) is 1. The predicted molar refractivity (Wildman–Crippen MR) is 140 cm³/mol. The van der Waals surface area contributed by atoms with Crippen molar-refractivity contribution < 1.29 is 14.4 Å². The van der Waals surface area contributed by atoms with Crippen LogP contribution in [0.4, 0.5) is 10.5 Å². The zero-order chi connectivity index (χ0) is 25.2. The lowest BCUT2D eigenvalue weighted by molar-refractivity contribution is -0.137. The van der Waals surface area contributed by atoms with Crippen LogP contribution in [0.5, 0.6) is 0 Å². The summed E-state index contributed by atoms with van der Waals surface area (Å²) in [6, 6.07) is 5.98. The fourth-order valence-electron chi connectivity index (χ4n) is 6.52. The number of anilines is 1. The number of hydrogen-bond acceptors (Lipinski definition) is 3. The first-order valence-electron chi connectivity index (χ1n) is 13.8. The number of imide groups is 1. The Hall–Kier alpha value is -2.37. The monoisotopic (exact) mass is 481 g/mol. The van der Waals surface area contributed by atoms with Crippen LogP contribution in [-0.4, -0.2) is 45.8 Å². The number of amides is 4. The van der Waals surface area contributed by atoms with Gasteiger partial charge in [-0.15, -0.1) is 0 Å². The second-order valence-electron chi connectivity index (χ2n) is 11.5. The lowest BCUT2D eigenvalue weighted by Crippen LogP contribution is -2.55. The SMILES string of the molecule is CC(C)c1cccc(C(C)C)c1NC(=O)CN1C(=O)N(C2CCCCCC2)C2(CCCCC2)C1=O. The normalized spacial score (nSPS) is 21.3. The Morgan fingerprint density at radius 2 is 1.46 bits per heavy atom. The van der Waals surface area contributed by atoms with E-state index in [-0.39, 0.29) is 42.3 Å². The maximum absolute atomic E-state index is 13.9. The van der Waals surface area contributed by atoms with Crippen molar-refractivity contribution in [2.45, 2.75) is 122 Å². The van der Waals surface area contributed by atoms with Crippen molar-refractivity contribution >= 4 is 23.5 Å². The summed E-state index contributed by atoms with van der Waals surface area (Å²) in [5, 5.41) is 3.10. The molecule has 0 bridgehead atoms. The van der Waals surface area contributed by atoms with Gasteiger partial charge in [-0.25, -0.2) is 4.79 Å². The maximum atomic E-state index is 13.9. The summed E-state index contributed by atoms with van der Waals surface area (Å²) >= 11 is 0. The number of para-hydroxylation sites is 1. The molecule has 1 aromatic carbocycles. The van der Waals surface area contributed by atoms with E-state index in [2.05, 4.69) is 33.0 Å². The molecule has 0 aromatic heterocycles. The average molecular weight is 482 g/mol. The summed E-state index contributed by atoms with van der Waals surface area (Å²) in [7, 11) is 0. The largest absolute Gasteiger partial charge is 0.328 e. The minimum Gasteiger partial charge on any atom is -0.324 e. The fourth-order valence-corrected chi connectivity index (χ4v) is 6.52. The molecule has 6 nitrogen and oxygen atoms in total. The standard InChI is InChI=1S/C29H43N3O3/c1-20(2)23-15-12-16-24(21(3)4)26(23)30-25(33)19-31-27(34)29(17-10-7-11-18-29)32(28(31)35)22-13-8-5-6-9-14-22/h12,15-16,20-22H,5-11,13-14,17-19H2,1-4H3,(H,30,33). The first kappa shape index (κ1) is 25.7. The number of benzene rings is 1. The van der Waals surface area contributed by atoms with Crippen LogP contribution < -0.4 is 5.32 Å². The zero-order valence-electron chi connectivity index (χ0n) is 22.1. The third-order valence-corrected chi connectivity index (χ3v) is 8.35. The molecule has 4 rings (SSSR count). The fraction of sp³-hybridized carbons (Fsp3) is 0.690. The van der Waals surface area contributed by atoms with Crippen LogP contribution in [0, 0.1) is 0 Å².